The van der Waals surface area contributed by atoms with Crippen LogP contribution in [-0.2, 0) is 0 Å². The number of hydrogen-bond acceptors (Lipinski definition) is 3. The Kier molecular flexibility index (Phi) is 11.7. The molecule has 0 aromatic heterocycles. The molecule has 2 bridgehead atoms. The molecule has 1 unspecified atom stereocenters. The lowest BCUT2D eigenvalue weighted by molar-refractivity contribution is 0.0126. The standard InChI is InChI=1S/C10H18O.C10H14O.C10H20O/c1-9(2)7-4-5-10(9,3)8(11)6-7;1-7(2)9-5-4-8(3)10(11)6-9;1-9(2)5-4-6-10(3)7-8-11/h7-8,11H,4-6H2,1-3H3;4-7,11H,1-3H3;5,10-11H,4,6-8H2,1-3H3/t7-,8+,10+;;/m1../s1. The second kappa shape index (κ2) is 13.0. The van der Waals surface area contributed by atoms with Crippen molar-refractivity contribution in [1.82, 2.24) is 0 Å². The van der Waals surface area contributed by atoms with Gasteiger partial charge in [0.1, 0.15) is 5.75 Å². The average Bonchev–Trinajstić information content (AvgIpc) is 3.04. The fourth-order valence-electron chi connectivity index (χ4n) is 5.17. The van der Waals surface area contributed by atoms with Crippen LogP contribution in [0.4, 0.5) is 0 Å². The molecule has 0 radical (unpaired) electrons. The minimum Gasteiger partial charge on any atom is -0.508 e. The second-order valence-corrected chi connectivity index (χ2v) is 11.8. The first-order chi connectivity index (χ1) is 15.3. The van der Waals surface area contributed by atoms with E-state index in [4.69, 9.17) is 5.11 Å². The SMILES string of the molecule is CC(C)=CCCC(C)CCO.CC1(C)[C@@H]2CC[C@@]1(C)[C@@H](O)C2.Cc1ccc(C(C)C)cc1O. The number of phenols is 1. The molecule has 2 aliphatic rings. The first-order valence-corrected chi connectivity index (χ1v) is 13.0. The van der Waals surface area contributed by atoms with Gasteiger partial charge in [-0.05, 0) is 105 Å². The number of rotatable bonds is 6. The Bertz CT molecular complexity index is 745. The fraction of sp³-hybridized carbons (Fsp3) is 0.733. The molecule has 1 aromatic rings. The van der Waals surface area contributed by atoms with Crippen molar-refractivity contribution in [2.24, 2.45) is 22.7 Å². The first-order valence-electron chi connectivity index (χ1n) is 13.0. The fourth-order valence-corrected chi connectivity index (χ4v) is 5.17. The van der Waals surface area contributed by atoms with E-state index in [9.17, 15) is 10.2 Å². The van der Waals surface area contributed by atoms with Gasteiger partial charge in [0.05, 0.1) is 6.10 Å². The van der Waals surface area contributed by atoms with E-state index in [0.29, 0.717) is 29.6 Å². The molecule has 33 heavy (non-hydrogen) atoms. The number of aromatic hydroxyl groups is 1. The maximum absolute atomic E-state index is 9.81. The number of fused-ring (bicyclic) bond motifs is 2. The Balaban J connectivity index is 0.000000247. The van der Waals surface area contributed by atoms with Gasteiger partial charge in [0.25, 0.3) is 0 Å². The summed E-state index contributed by atoms with van der Waals surface area (Å²) in [6.45, 7) is 19.8. The van der Waals surface area contributed by atoms with E-state index in [-0.39, 0.29) is 11.5 Å². The lowest BCUT2D eigenvalue weighted by Crippen LogP contribution is -2.35. The molecule has 0 amide bonds. The van der Waals surface area contributed by atoms with Gasteiger partial charge in [-0.3, -0.25) is 0 Å². The van der Waals surface area contributed by atoms with Crippen molar-refractivity contribution in [3.8, 4) is 5.75 Å². The van der Waals surface area contributed by atoms with Crippen LogP contribution in [-0.4, -0.2) is 28.0 Å². The van der Waals surface area contributed by atoms with Crippen molar-refractivity contribution in [1.29, 1.82) is 0 Å². The summed E-state index contributed by atoms with van der Waals surface area (Å²) in [4.78, 5) is 0. The molecule has 4 atom stereocenters. The smallest absolute Gasteiger partial charge is 0.118 e. The zero-order valence-electron chi connectivity index (χ0n) is 22.9. The molecule has 3 nitrogen and oxygen atoms in total. The van der Waals surface area contributed by atoms with Crippen LogP contribution in [0.5, 0.6) is 5.75 Å². The molecule has 3 N–H and O–H groups in total. The lowest BCUT2D eigenvalue weighted by Gasteiger charge is -2.36. The molecule has 2 aliphatic carbocycles. The normalized spacial score (nSPS) is 25.6. The highest BCUT2D eigenvalue weighted by atomic mass is 16.3. The summed E-state index contributed by atoms with van der Waals surface area (Å²) in [5.74, 6) is 2.33. The third-order valence-electron chi connectivity index (χ3n) is 8.48. The topological polar surface area (TPSA) is 60.7 Å². The summed E-state index contributed by atoms with van der Waals surface area (Å²) in [6.07, 6.45) is 9.13. The van der Waals surface area contributed by atoms with Gasteiger partial charge >= 0.3 is 0 Å². The van der Waals surface area contributed by atoms with Crippen LogP contribution in [0, 0.1) is 29.6 Å². The van der Waals surface area contributed by atoms with Crippen LogP contribution in [0.15, 0.2) is 29.8 Å². The van der Waals surface area contributed by atoms with E-state index in [0.717, 1.165) is 30.7 Å². The summed E-state index contributed by atoms with van der Waals surface area (Å²) in [6, 6.07) is 5.84. The molecule has 1 aromatic carbocycles. The maximum Gasteiger partial charge on any atom is 0.118 e. The monoisotopic (exact) mass is 460 g/mol. The molecule has 0 saturated heterocycles. The highest BCUT2D eigenvalue weighted by Crippen LogP contribution is 2.65. The molecule has 2 saturated carbocycles. The predicted octanol–water partition coefficient (Wildman–Crippen LogP) is 7.77. The summed E-state index contributed by atoms with van der Waals surface area (Å²) in [5, 5.41) is 27.8. The number of benzene rings is 1. The van der Waals surface area contributed by atoms with E-state index >= 15 is 0 Å². The van der Waals surface area contributed by atoms with E-state index in [1.165, 1.54) is 30.4 Å². The molecule has 0 aliphatic heterocycles. The third kappa shape index (κ3) is 8.14. The lowest BCUT2D eigenvalue weighted by atomic mass is 9.70. The Morgan fingerprint density at radius 2 is 1.76 bits per heavy atom. The molecule has 3 rings (SSSR count). The molecular formula is C30H52O3. The zero-order valence-corrected chi connectivity index (χ0v) is 22.9. The number of aliphatic hydroxyl groups excluding tert-OH is 2. The number of allylic oxidation sites excluding steroid dienone is 2. The number of phenolic OH excluding ortho intramolecular Hbond substituents is 1. The predicted molar refractivity (Wildman–Crippen MR) is 142 cm³/mol. The van der Waals surface area contributed by atoms with Crippen molar-refractivity contribution in [3.05, 3.63) is 41.0 Å². The molecule has 0 heterocycles. The van der Waals surface area contributed by atoms with E-state index in [1.54, 1.807) is 0 Å². The number of aryl methyl sites for hydroxylation is 1. The van der Waals surface area contributed by atoms with Crippen LogP contribution in [0.1, 0.15) is 111 Å². The highest BCUT2D eigenvalue weighted by molar-refractivity contribution is 5.36. The van der Waals surface area contributed by atoms with Gasteiger partial charge in [0, 0.05) is 6.61 Å². The maximum atomic E-state index is 9.81. The van der Waals surface area contributed by atoms with Gasteiger partial charge in [0.15, 0.2) is 0 Å². The highest BCUT2D eigenvalue weighted by Gasteiger charge is 2.60. The van der Waals surface area contributed by atoms with E-state index in [2.05, 4.69) is 67.5 Å². The van der Waals surface area contributed by atoms with Gasteiger partial charge in [-0.15, -0.1) is 0 Å². The minimum absolute atomic E-state index is 0.0313. The first kappa shape index (κ1) is 29.7. The Labute approximate surface area is 204 Å². The van der Waals surface area contributed by atoms with Crippen molar-refractivity contribution < 1.29 is 15.3 Å². The largest absolute Gasteiger partial charge is 0.508 e. The summed E-state index contributed by atoms with van der Waals surface area (Å²) >= 11 is 0. The second-order valence-electron chi connectivity index (χ2n) is 11.8. The van der Waals surface area contributed by atoms with Gasteiger partial charge in [-0.1, -0.05) is 65.3 Å². The minimum atomic E-state index is -0.0313. The van der Waals surface area contributed by atoms with Crippen LogP contribution in [0.25, 0.3) is 0 Å². The van der Waals surface area contributed by atoms with Gasteiger partial charge < -0.3 is 15.3 Å². The average molecular weight is 461 g/mol. The quantitative estimate of drug-likeness (QED) is 0.380. The number of hydrogen-bond donors (Lipinski definition) is 3. The van der Waals surface area contributed by atoms with Crippen molar-refractivity contribution in [2.75, 3.05) is 6.61 Å². The van der Waals surface area contributed by atoms with Crippen molar-refractivity contribution in [3.63, 3.8) is 0 Å². The van der Waals surface area contributed by atoms with Gasteiger partial charge in [-0.25, -0.2) is 0 Å². The van der Waals surface area contributed by atoms with Crippen LogP contribution >= 0.6 is 0 Å². The van der Waals surface area contributed by atoms with Crippen molar-refractivity contribution in [2.45, 2.75) is 113 Å². The van der Waals surface area contributed by atoms with E-state index in [1.807, 2.05) is 19.1 Å². The van der Waals surface area contributed by atoms with Crippen LogP contribution < -0.4 is 0 Å². The molecular weight excluding hydrogens is 408 g/mol. The van der Waals surface area contributed by atoms with Gasteiger partial charge in [0.2, 0.25) is 0 Å². The zero-order chi connectivity index (χ0) is 25.4. The van der Waals surface area contributed by atoms with Crippen molar-refractivity contribution >= 4 is 0 Å². The Morgan fingerprint density at radius 3 is 2.12 bits per heavy atom. The summed E-state index contributed by atoms with van der Waals surface area (Å²) < 4.78 is 0. The molecule has 190 valence electrons. The summed E-state index contributed by atoms with van der Waals surface area (Å²) in [5.41, 5.74) is 4.12. The molecule has 2 fully saturated rings. The summed E-state index contributed by atoms with van der Waals surface area (Å²) in [7, 11) is 0. The Morgan fingerprint density at radius 1 is 1.12 bits per heavy atom. The van der Waals surface area contributed by atoms with E-state index < -0.39 is 0 Å². The van der Waals surface area contributed by atoms with Gasteiger partial charge in [-0.2, -0.15) is 0 Å². The Hall–Kier alpha value is -1.32. The third-order valence-corrected chi connectivity index (χ3v) is 8.48. The number of aliphatic hydroxyl groups is 2. The van der Waals surface area contributed by atoms with Crippen LogP contribution in [0.3, 0.4) is 0 Å². The molecule has 3 heteroatoms. The van der Waals surface area contributed by atoms with Crippen LogP contribution in [0.2, 0.25) is 0 Å². The molecule has 0 spiro atoms.